The molecule has 1 aliphatic heterocycles. The van der Waals surface area contributed by atoms with Gasteiger partial charge in [0.05, 0.1) is 19.3 Å². The number of azide groups is 2. The van der Waals surface area contributed by atoms with Crippen LogP contribution in [-0.4, -0.2) is 36.4 Å². The van der Waals surface area contributed by atoms with Crippen molar-refractivity contribution in [1.82, 2.24) is 0 Å². The van der Waals surface area contributed by atoms with Gasteiger partial charge in [-0.15, -0.1) is 0 Å². The van der Waals surface area contributed by atoms with E-state index in [1.54, 1.807) is 0 Å². The van der Waals surface area contributed by atoms with Crippen molar-refractivity contribution in [3.05, 3.63) is 86.6 Å². The van der Waals surface area contributed by atoms with E-state index in [2.05, 4.69) is 20.1 Å². The SMILES string of the molecule is Cc1ccc(S[C@@H]2O[C@@H](CN=[N+]=[N-])[C@@H](OCc3ccccc3)[C@H](F)[C@H]2N=[N+]=[N-])cc1. The molecule has 0 spiro atoms. The Labute approximate surface area is 177 Å². The zero-order valence-electron chi connectivity index (χ0n) is 16.3. The summed E-state index contributed by atoms with van der Waals surface area (Å²) < 4.78 is 27.3. The Bertz CT molecular complexity index is 917. The third kappa shape index (κ3) is 5.66. The molecule has 0 saturated carbocycles. The van der Waals surface area contributed by atoms with Gasteiger partial charge in [-0.3, -0.25) is 0 Å². The number of alkyl halides is 1. The molecule has 0 aliphatic carbocycles. The molecule has 0 bridgehead atoms. The largest absolute Gasteiger partial charge is 0.368 e. The smallest absolute Gasteiger partial charge is 0.141 e. The van der Waals surface area contributed by atoms with Crippen LogP contribution in [0.1, 0.15) is 11.1 Å². The Hall–Kier alpha value is -2.74. The van der Waals surface area contributed by atoms with Gasteiger partial charge in [0.25, 0.3) is 0 Å². The fraction of sp³-hybridized carbons (Fsp3) is 0.400. The third-order valence-corrected chi connectivity index (χ3v) is 5.83. The van der Waals surface area contributed by atoms with Crippen LogP contribution in [-0.2, 0) is 16.1 Å². The van der Waals surface area contributed by atoms with Crippen molar-refractivity contribution in [1.29, 1.82) is 0 Å². The highest BCUT2D eigenvalue weighted by molar-refractivity contribution is 7.99. The summed E-state index contributed by atoms with van der Waals surface area (Å²) in [6, 6.07) is 15.9. The van der Waals surface area contributed by atoms with Gasteiger partial charge < -0.3 is 9.47 Å². The zero-order valence-corrected chi connectivity index (χ0v) is 17.1. The average Bonchev–Trinajstić information content (AvgIpc) is 2.76. The van der Waals surface area contributed by atoms with Crippen LogP contribution in [0, 0.1) is 6.92 Å². The van der Waals surface area contributed by atoms with Crippen molar-refractivity contribution in [2.45, 2.75) is 48.3 Å². The number of rotatable bonds is 8. The highest BCUT2D eigenvalue weighted by atomic mass is 32.2. The summed E-state index contributed by atoms with van der Waals surface area (Å²) in [5.41, 5.74) is 18.9. The van der Waals surface area contributed by atoms with Crippen molar-refractivity contribution >= 4 is 11.8 Å². The second kappa shape index (κ2) is 10.9. The summed E-state index contributed by atoms with van der Waals surface area (Å²) >= 11 is 1.26. The van der Waals surface area contributed by atoms with Crippen LogP contribution >= 0.6 is 11.8 Å². The van der Waals surface area contributed by atoms with Crippen molar-refractivity contribution in [2.24, 2.45) is 10.2 Å². The summed E-state index contributed by atoms with van der Waals surface area (Å²) in [6.07, 6.45) is -3.48. The maximum atomic E-state index is 15.5. The Morgan fingerprint density at radius 1 is 1.10 bits per heavy atom. The van der Waals surface area contributed by atoms with Crippen molar-refractivity contribution in [3.8, 4) is 0 Å². The number of halogens is 1. The highest BCUT2D eigenvalue weighted by Crippen LogP contribution is 2.37. The first-order valence-corrected chi connectivity index (χ1v) is 10.2. The molecular formula is C20H21FN6O2S. The number of nitrogens with zero attached hydrogens (tertiary/aromatic N) is 6. The Morgan fingerprint density at radius 3 is 2.50 bits per heavy atom. The molecule has 2 aromatic carbocycles. The maximum Gasteiger partial charge on any atom is 0.141 e. The molecule has 0 radical (unpaired) electrons. The fourth-order valence-electron chi connectivity index (χ4n) is 3.14. The lowest BCUT2D eigenvalue weighted by molar-refractivity contribution is -0.157. The van der Waals surface area contributed by atoms with Gasteiger partial charge in [0, 0.05) is 14.7 Å². The van der Waals surface area contributed by atoms with Gasteiger partial charge in [-0.1, -0.05) is 70.0 Å². The zero-order chi connectivity index (χ0) is 21.3. The van der Waals surface area contributed by atoms with Crippen LogP contribution in [0.15, 0.2) is 69.7 Å². The minimum atomic E-state index is -1.62. The lowest BCUT2D eigenvalue weighted by Gasteiger charge is -2.41. The quantitative estimate of drug-likeness (QED) is 0.304. The maximum absolute atomic E-state index is 15.5. The molecule has 0 N–H and O–H groups in total. The molecule has 1 fully saturated rings. The van der Waals surface area contributed by atoms with E-state index in [0.717, 1.165) is 16.0 Å². The first-order valence-electron chi connectivity index (χ1n) is 9.36. The van der Waals surface area contributed by atoms with E-state index < -0.39 is 29.9 Å². The van der Waals surface area contributed by atoms with Crippen LogP contribution in [0.5, 0.6) is 0 Å². The molecular weight excluding hydrogens is 407 g/mol. The molecule has 0 unspecified atom stereocenters. The summed E-state index contributed by atoms with van der Waals surface area (Å²) in [5, 5.41) is 7.21. The van der Waals surface area contributed by atoms with Gasteiger partial charge in [0.2, 0.25) is 0 Å². The first-order chi connectivity index (χ1) is 14.6. The van der Waals surface area contributed by atoms with Crippen LogP contribution in [0.3, 0.4) is 0 Å². The summed E-state index contributed by atoms with van der Waals surface area (Å²) in [7, 11) is 0. The second-order valence-corrected chi connectivity index (χ2v) is 7.96. The first kappa shape index (κ1) is 22.0. The van der Waals surface area contributed by atoms with E-state index in [0.29, 0.717) is 0 Å². The molecule has 1 saturated heterocycles. The third-order valence-electron chi connectivity index (χ3n) is 4.66. The Kier molecular flexibility index (Phi) is 7.96. The predicted molar refractivity (Wildman–Crippen MR) is 113 cm³/mol. The van der Waals surface area contributed by atoms with Gasteiger partial charge in [-0.2, -0.15) is 0 Å². The van der Waals surface area contributed by atoms with Crippen LogP contribution < -0.4 is 0 Å². The number of hydrogen-bond donors (Lipinski definition) is 0. The van der Waals surface area contributed by atoms with Crippen molar-refractivity contribution in [2.75, 3.05) is 6.54 Å². The van der Waals surface area contributed by atoms with Gasteiger partial charge in [-0.25, -0.2) is 4.39 Å². The molecule has 2 aromatic rings. The molecule has 0 amide bonds. The molecule has 10 heteroatoms. The summed E-state index contributed by atoms with van der Waals surface area (Å²) in [4.78, 5) is 6.42. The van der Waals surface area contributed by atoms with Crippen LogP contribution in [0.2, 0.25) is 0 Å². The monoisotopic (exact) mass is 428 g/mol. The summed E-state index contributed by atoms with van der Waals surface area (Å²) in [6.45, 7) is 2.03. The summed E-state index contributed by atoms with van der Waals surface area (Å²) in [5.74, 6) is 0. The standard InChI is InChI=1S/C20H21FN6O2S/c1-13-7-9-15(10-8-13)30-20-18(25-27-23)17(21)19(16(29-20)11-24-26-22)28-12-14-5-3-2-4-6-14/h2-10,16-20H,11-12H2,1H3/t16-,17+,18+,19+,20-/m0/s1. The van der Waals surface area contributed by atoms with E-state index in [4.69, 9.17) is 20.5 Å². The number of thioether (sulfide) groups is 1. The molecule has 5 atom stereocenters. The molecule has 156 valence electrons. The topological polar surface area (TPSA) is 116 Å². The highest BCUT2D eigenvalue weighted by Gasteiger charge is 2.47. The fourth-order valence-corrected chi connectivity index (χ4v) is 4.24. The average molecular weight is 428 g/mol. The van der Waals surface area contributed by atoms with Gasteiger partial charge in [0.15, 0.2) is 0 Å². The molecule has 30 heavy (non-hydrogen) atoms. The second-order valence-electron chi connectivity index (χ2n) is 6.79. The Balaban J connectivity index is 1.81. The lowest BCUT2D eigenvalue weighted by Crippen LogP contribution is -2.55. The number of ether oxygens (including phenoxy) is 2. The molecule has 1 heterocycles. The van der Waals surface area contributed by atoms with E-state index in [-0.39, 0.29) is 13.2 Å². The molecule has 0 aromatic heterocycles. The Morgan fingerprint density at radius 2 is 1.83 bits per heavy atom. The number of benzene rings is 2. The van der Waals surface area contributed by atoms with Crippen molar-refractivity contribution < 1.29 is 13.9 Å². The minimum absolute atomic E-state index is 0.0929. The number of aryl methyl sites for hydroxylation is 1. The van der Waals surface area contributed by atoms with Crippen LogP contribution in [0.25, 0.3) is 20.9 Å². The normalized spacial score (nSPS) is 25.7. The van der Waals surface area contributed by atoms with E-state index in [9.17, 15) is 0 Å². The van der Waals surface area contributed by atoms with E-state index >= 15 is 4.39 Å². The molecule has 8 nitrogen and oxygen atoms in total. The van der Waals surface area contributed by atoms with Gasteiger partial charge >= 0.3 is 0 Å². The predicted octanol–water partition coefficient (Wildman–Crippen LogP) is 5.72. The van der Waals surface area contributed by atoms with Gasteiger partial charge in [0.1, 0.15) is 23.8 Å². The minimum Gasteiger partial charge on any atom is -0.368 e. The number of hydrogen-bond acceptors (Lipinski definition) is 5. The lowest BCUT2D eigenvalue weighted by atomic mass is 9.99. The van der Waals surface area contributed by atoms with Gasteiger partial charge in [-0.05, 0) is 35.7 Å². The van der Waals surface area contributed by atoms with Crippen molar-refractivity contribution in [3.63, 3.8) is 0 Å². The van der Waals surface area contributed by atoms with Crippen LogP contribution in [0.4, 0.5) is 4.39 Å². The van der Waals surface area contributed by atoms with E-state index in [1.807, 2.05) is 61.5 Å². The van der Waals surface area contributed by atoms with E-state index in [1.165, 1.54) is 11.8 Å². The molecule has 1 aliphatic rings. The molecule has 3 rings (SSSR count).